The quantitative estimate of drug-likeness (QED) is 0.658. The highest BCUT2D eigenvalue weighted by Crippen LogP contribution is 2.25. The molecule has 26 heavy (non-hydrogen) atoms. The van der Waals surface area contributed by atoms with E-state index in [1.54, 1.807) is 36.4 Å². The predicted octanol–water partition coefficient (Wildman–Crippen LogP) is 3.36. The van der Waals surface area contributed by atoms with Crippen molar-refractivity contribution in [3.8, 4) is 11.3 Å². The van der Waals surface area contributed by atoms with Crippen LogP contribution >= 0.6 is 11.6 Å². The molecule has 0 saturated carbocycles. The third kappa shape index (κ3) is 2.64. The summed E-state index contributed by atoms with van der Waals surface area (Å²) in [5.41, 5.74) is 0.774. The average Bonchev–Trinajstić information content (AvgIpc) is 3.22. The lowest BCUT2D eigenvalue weighted by Gasteiger charge is -2.10. The molecule has 7 nitrogen and oxygen atoms in total. The fraction of sp³-hybridized carbons (Fsp3) is 0. The molecule has 1 aromatic heterocycles. The minimum absolute atomic E-state index is 0.171. The SMILES string of the molecule is O=C(ON1C(=O)c2ccccc2C1=O)c1cc(-c2cccc(Cl)c2)on1. The van der Waals surface area contributed by atoms with Crippen LogP contribution in [0.5, 0.6) is 0 Å². The number of rotatable bonds is 3. The van der Waals surface area contributed by atoms with Crippen LogP contribution in [0.3, 0.4) is 0 Å². The highest BCUT2D eigenvalue weighted by atomic mass is 35.5. The summed E-state index contributed by atoms with van der Waals surface area (Å²) in [6, 6.07) is 14.3. The number of nitrogens with zero attached hydrogens (tertiary/aromatic N) is 2. The van der Waals surface area contributed by atoms with Gasteiger partial charge in [0.15, 0.2) is 11.5 Å². The van der Waals surface area contributed by atoms with Gasteiger partial charge in [0.25, 0.3) is 11.8 Å². The first-order valence-electron chi connectivity index (χ1n) is 7.47. The van der Waals surface area contributed by atoms with Gasteiger partial charge in [-0.05, 0) is 24.3 Å². The minimum atomic E-state index is -0.989. The summed E-state index contributed by atoms with van der Waals surface area (Å²) in [6.45, 7) is 0. The summed E-state index contributed by atoms with van der Waals surface area (Å²) < 4.78 is 5.11. The maximum atomic E-state index is 12.2. The third-order valence-electron chi connectivity index (χ3n) is 3.76. The Hall–Kier alpha value is -3.45. The van der Waals surface area contributed by atoms with E-state index in [2.05, 4.69) is 5.16 Å². The Bertz CT molecular complexity index is 1020. The minimum Gasteiger partial charge on any atom is -0.355 e. The fourth-order valence-electron chi connectivity index (χ4n) is 2.53. The van der Waals surface area contributed by atoms with Crippen molar-refractivity contribution in [1.29, 1.82) is 0 Å². The van der Waals surface area contributed by atoms with E-state index in [9.17, 15) is 14.4 Å². The molecule has 0 N–H and O–H groups in total. The predicted molar refractivity (Wildman–Crippen MR) is 89.3 cm³/mol. The molecule has 0 radical (unpaired) electrons. The highest BCUT2D eigenvalue weighted by molar-refractivity contribution is 6.30. The lowest BCUT2D eigenvalue weighted by atomic mass is 10.1. The van der Waals surface area contributed by atoms with Crippen LogP contribution in [0.15, 0.2) is 59.1 Å². The summed E-state index contributed by atoms with van der Waals surface area (Å²) in [6.07, 6.45) is 0. The van der Waals surface area contributed by atoms with Gasteiger partial charge in [0.1, 0.15) is 0 Å². The first-order chi connectivity index (χ1) is 12.5. The molecule has 0 aliphatic carbocycles. The van der Waals surface area contributed by atoms with Gasteiger partial charge in [0.05, 0.1) is 11.1 Å². The van der Waals surface area contributed by atoms with Gasteiger partial charge in [0.2, 0.25) is 0 Å². The highest BCUT2D eigenvalue weighted by Gasteiger charge is 2.39. The zero-order valence-electron chi connectivity index (χ0n) is 13.0. The largest absolute Gasteiger partial charge is 0.385 e. The lowest BCUT2D eigenvalue weighted by Crippen LogP contribution is -2.32. The molecule has 4 rings (SSSR count). The van der Waals surface area contributed by atoms with E-state index in [1.807, 2.05) is 0 Å². The second-order valence-corrected chi connectivity index (χ2v) is 5.85. The van der Waals surface area contributed by atoms with Crippen LogP contribution in [0.25, 0.3) is 11.3 Å². The summed E-state index contributed by atoms with van der Waals surface area (Å²) in [5, 5.41) is 4.53. The van der Waals surface area contributed by atoms with Crippen LogP contribution in [-0.4, -0.2) is 28.0 Å². The monoisotopic (exact) mass is 368 g/mol. The molecule has 0 saturated heterocycles. The molecule has 0 atom stereocenters. The smallest absolute Gasteiger partial charge is 0.355 e. The van der Waals surface area contributed by atoms with Gasteiger partial charge in [-0.1, -0.05) is 46.1 Å². The first kappa shape index (κ1) is 16.0. The van der Waals surface area contributed by atoms with Crippen molar-refractivity contribution in [2.75, 3.05) is 0 Å². The van der Waals surface area contributed by atoms with Crippen molar-refractivity contribution in [1.82, 2.24) is 10.2 Å². The number of hydroxylamine groups is 2. The Labute approximate surface area is 151 Å². The standard InChI is InChI=1S/C18H9ClN2O5/c19-11-5-3-4-10(8-11)15-9-14(20-25-15)18(24)26-21-16(22)12-6-1-2-7-13(12)17(21)23/h1-9H. The van der Waals surface area contributed by atoms with Gasteiger partial charge in [-0.15, -0.1) is 0 Å². The molecule has 0 bridgehead atoms. The Morgan fingerprint density at radius 2 is 1.69 bits per heavy atom. The number of amides is 2. The zero-order chi connectivity index (χ0) is 18.3. The summed E-state index contributed by atoms with van der Waals surface area (Å²) in [7, 11) is 0. The van der Waals surface area contributed by atoms with Gasteiger partial charge in [-0.25, -0.2) is 4.79 Å². The van der Waals surface area contributed by atoms with E-state index in [0.717, 1.165) is 0 Å². The number of carbonyl (C=O) groups excluding carboxylic acids is 3. The van der Waals surface area contributed by atoms with E-state index in [-0.39, 0.29) is 16.8 Å². The fourth-order valence-corrected chi connectivity index (χ4v) is 2.72. The van der Waals surface area contributed by atoms with Crippen LogP contribution in [0.2, 0.25) is 5.02 Å². The van der Waals surface area contributed by atoms with Crippen molar-refractivity contribution >= 4 is 29.4 Å². The molecular weight excluding hydrogens is 360 g/mol. The van der Waals surface area contributed by atoms with Gasteiger partial charge >= 0.3 is 5.97 Å². The number of hydrogen-bond donors (Lipinski definition) is 0. The number of benzene rings is 2. The van der Waals surface area contributed by atoms with E-state index in [0.29, 0.717) is 21.4 Å². The van der Waals surface area contributed by atoms with Crippen molar-refractivity contribution in [2.24, 2.45) is 0 Å². The Kier molecular flexibility index (Phi) is 3.78. The maximum Gasteiger partial charge on any atom is 0.385 e. The Balaban J connectivity index is 1.55. The third-order valence-corrected chi connectivity index (χ3v) is 3.99. The molecule has 2 heterocycles. The van der Waals surface area contributed by atoms with Crippen LogP contribution in [0.4, 0.5) is 0 Å². The number of hydrogen-bond acceptors (Lipinski definition) is 6. The summed E-state index contributed by atoms with van der Waals surface area (Å²) in [5.74, 6) is -2.12. The van der Waals surface area contributed by atoms with Crippen LogP contribution in [-0.2, 0) is 4.84 Å². The molecule has 3 aromatic rings. The number of aromatic nitrogens is 1. The molecule has 0 spiro atoms. The molecule has 1 aliphatic rings. The van der Waals surface area contributed by atoms with Crippen molar-refractivity contribution in [2.45, 2.75) is 0 Å². The maximum absolute atomic E-state index is 12.2. The second-order valence-electron chi connectivity index (χ2n) is 5.42. The van der Waals surface area contributed by atoms with Crippen molar-refractivity contribution < 1.29 is 23.7 Å². The van der Waals surface area contributed by atoms with Crippen LogP contribution in [0, 0.1) is 0 Å². The second kappa shape index (κ2) is 6.12. The number of halogens is 1. The number of imide groups is 1. The van der Waals surface area contributed by atoms with Crippen molar-refractivity contribution in [3.05, 3.63) is 76.4 Å². The van der Waals surface area contributed by atoms with Gasteiger partial charge in [-0.2, -0.15) is 0 Å². The number of fused-ring (bicyclic) bond motifs is 1. The molecule has 128 valence electrons. The van der Waals surface area contributed by atoms with E-state index >= 15 is 0 Å². The molecule has 1 aliphatic heterocycles. The molecule has 2 amide bonds. The Morgan fingerprint density at radius 1 is 1.00 bits per heavy atom. The first-order valence-corrected chi connectivity index (χ1v) is 7.85. The topological polar surface area (TPSA) is 89.7 Å². The summed E-state index contributed by atoms with van der Waals surface area (Å²) >= 11 is 5.92. The Morgan fingerprint density at radius 3 is 2.35 bits per heavy atom. The zero-order valence-corrected chi connectivity index (χ0v) is 13.8. The van der Waals surface area contributed by atoms with Crippen LogP contribution in [0.1, 0.15) is 31.2 Å². The molecule has 0 fully saturated rings. The molecule has 0 unspecified atom stereocenters. The van der Waals surface area contributed by atoms with E-state index in [4.69, 9.17) is 21.0 Å². The molecule has 8 heteroatoms. The van der Waals surface area contributed by atoms with Crippen LogP contribution < -0.4 is 0 Å². The lowest BCUT2D eigenvalue weighted by molar-refractivity contribution is -0.0590. The van der Waals surface area contributed by atoms with Gasteiger partial charge in [-0.3, -0.25) is 9.59 Å². The summed E-state index contributed by atoms with van der Waals surface area (Å²) in [4.78, 5) is 41.6. The normalized spacial score (nSPS) is 13.0. The average molecular weight is 369 g/mol. The van der Waals surface area contributed by atoms with Gasteiger partial charge in [0, 0.05) is 16.7 Å². The van der Waals surface area contributed by atoms with E-state index < -0.39 is 17.8 Å². The van der Waals surface area contributed by atoms with E-state index in [1.165, 1.54) is 18.2 Å². The van der Waals surface area contributed by atoms with Gasteiger partial charge < -0.3 is 9.36 Å². The number of carbonyl (C=O) groups is 3. The molecular formula is C18H9ClN2O5. The molecule has 2 aromatic carbocycles. The van der Waals surface area contributed by atoms with Crippen molar-refractivity contribution in [3.63, 3.8) is 0 Å².